The predicted octanol–water partition coefficient (Wildman–Crippen LogP) is 4.93. The Morgan fingerprint density at radius 3 is 2.54 bits per heavy atom. The highest BCUT2D eigenvalue weighted by Crippen LogP contribution is 2.39. The summed E-state index contributed by atoms with van der Waals surface area (Å²) in [6.45, 7) is 0.221. The number of aromatic nitrogens is 1. The Balaban J connectivity index is 1.99. The van der Waals surface area contributed by atoms with E-state index in [1.807, 2.05) is 0 Å². The molecule has 1 aromatic carbocycles. The van der Waals surface area contributed by atoms with E-state index in [2.05, 4.69) is 4.98 Å². The highest BCUT2D eigenvalue weighted by Gasteiger charge is 2.39. The fourth-order valence-corrected chi connectivity index (χ4v) is 5.26. The first-order valence-electron chi connectivity index (χ1n) is 7.61. The average Bonchev–Trinajstić information content (AvgIpc) is 3.04. The Morgan fingerprint density at radius 2 is 1.92 bits per heavy atom. The molecule has 3 rings (SSSR count). The van der Waals surface area contributed by atoms with E-state index < -0.39 is 37.9 Å². The molecule has 0 N–H and O–H groups in total. The van der Waals surface area contributed by atoms with E-state index in [0.29, 0.717) is 35.7 Å². The summed E-state index contributed by atoms with van der Waals surface area (Å²) in [6, 6.07) is 6.91. The maximum atomic E-state index is 12.9. The highest BCUT2D eigenvalue weighted by molar-refractivity contribution is 7.89. The number of nitrogens with zero attached hydrogens (tertiary/aromatic N) is 2. The Morgan fingerprint density at radius 1 is 1.19 bits per heavy atom. The molecule has 26 heavy (non-hydrogen) atoms. The lowest BCUT2D eigenvalue weighted by atomic mass is 10.1. The van der Waals surface area contributed by atoms with Crippen LogP contribution in [0.3, 0.4) is 0 Å². The van der Waals surface area contributed by atoms with Gasteiger partial charge in [-0.25, -0.2) is 13.4 Å². The third-order valence-electron chi connectivity index (χ3n) is 4.12. The van der Waals surface area contributed by atoms with Crippen LogP contribution in [-0.2, 0) is 16.2 Å². The smallest absolute Gasteiger partial charge is 0.241 e. The molecule has 1 aliphatic rings. The van der Waals surface area contributed by atoms with E-state index in [-0.39, 0.29) is 6.54 Å². The lowest BCUT2D eigenvalue weighted by molar-refractivity contribution is -0.137. The largest absolute Gasteiger partial charge is 0.417 e. The lowest BCUT2D eigenvalue weighted by Gasteiger charge is -2.24. The van der Waals surface area contributed by atoms with E-state index >= 15 is 0 Å². The highest BCUT2D eigenvalue weighted by atomic mass is 35.5. The van der Waals surface area contributed by atoms with Gasteiger partial charge in [0.25, 0.3) is 10.0 Å². The normalized spacial score (nSPS) is 19.0. The van der Waals surface area contributed by atoms with E-state index in [9.17, 15) is 21.6 Å². The van der Waals surface area contributed by atoms with Crippen LogP contribution in [0.1, 0.15) is 30.0 Å². The van der Waals surface area contributed by atoms with E-state index in [1.54, 1.807) is 24.3 Å². The topological polar surface area (TPSA) is 50.3 Å². The van der Waals surface area contributed by atoms with Crippen LogP contribution >= 0.6 is 23.2 Å². The molecular formula is C16H13Cl2F3N2O2S. The van der Waals surface area contributed by atoms with Gasteiger partial charge in [-0.05, 0) is 36.6 Å². The van der Waals surface area contributed by atoms with Gasteiger partial charge in [0, 0.05) is 17.8 Å². The molecule has 0 radical (unpaired) electrons. The van der Waals surface area contributed by atoms with E-state index in [0.717, 1.165) is 0 Å². The molecule has 0 spiro atoms. The third kappa shape index (κ3) is 3.69. The van der Waals surface area contributed by atoms with Crippen molar-refractivity contribution < 1.29 is 21.6 Å². The number of rotatable bonds is 3. The van der Waals surface area contributed by atoms with Crippen LogP contribution in [0.15, 0.2) is 41.6 Å². The molecule has 1 aliphatic heterocycles. The second-order valence-corrected chi connectivity index (χ2v) is 8.49. The molecule has 2 aromatic rings. The van der Waals surface area contributed by atoms with Crippen LogP contribution in [0.5, 0.6) is 0 Å². The first kappa shape index (κ1) is 19.4. The average molecular weight is 425 g/mol. The summed E-state index contributed by atoms with van der Waals surface area (Å²) in [7, 11) is -4.16. The van der Waals surface area contributed by atoms with Gasteiger partial charge < -0.3 is 0 Å². The second-order valence-electron chi connectivity index (χ2n) is 5.84. The van der Waals surface area contributed by atoms with Crippen molar-refractivity contribution in [2.75, 3.05) is 6.54 Å². The van der Waals surface area contributed by atoms with E-state index in [1.165, 1.54) is 4.31 Å². The zero-order chi connectivity index (χ0) is 19.1. The maximum absolute atomic E-state index is 12.9. The van der Waals surface area contributed by atoms with Gasteiger partial charge in [0.2, 0.25) is 0 Å². The summed E-state index contributed by atoms with van der Waals surface area (Å²) >= 11 is 11.8. The molecule has 4 nitrogen and oxygen atoms in total. The molecule has 0 saturated carbocycles. The van der Waals surface area contributed by atoms with Gasteiger partial charge in [-0.1, -0.05) is 35.3 Å². The van der Waals surface area contributed by atoms with Crippen molar-refractivity contribution in [2.24, 2.45) is 0 Å². The summed E-state index contributed by atoms with van der Waals surface area (Å²) in [5.74, 6) is 0. The maximum Gasteiger partial charge on any atom is 0.417 e. The fraction of sp³-hybridized carbons (Fsp3) is 0.312. The number of halogens is 5. The van der Waals surface area contributed by atoms with Crippen LogP contribution in [0, 0.1) is 0 Å². The summed E-state index contributed by atoms with van der Waals surface area (Å²) in [5.41, 5.74) is -0.393. The number of benzene rings is 1. The third-order valence-corrected chi connectivity index (χ3v) is 6.63. The molecule has 0 bridgehead atoms. The molecular weight excluding hydrogens is 412 g/mol. The van der Waals surface area contributed by atoms with Crippen molar-refractivity contribution in [2.45, 2.75) is 30.1 Å². The van der Waals surface area contributed by atoms with Crippen molar-refractivity contribution in [3.05, 3.63) is 57.7 Å². The fourth-order valence-electron chi connectivity index (χ4n) is 2.96. The quantitative estimate of drug-likeness (QED) is 0.701. The molecule has 0 aliphatic carbocycles. The zero-order valence-corrected chi connectivity index (χ0v) is 15.5. The lowest BCUT2D eigenvalue weighted by Crippen LogP contribution is -2.31. The predicted molar refractivity (Wildman–Crippen MR) is 91.6 cm³/mol. The number of hydrogen-bond donors (Lipinski definition) is 0. The van der Waals surface area contributed by atoms with Gasteiger partial charge >= 0.3 is 6.18 Å². The second kappa shape index (κ2) is 6.99. The van der Waals surface area contributed by atoms with Crippen molar-refractivity contribution in [3.8, 4) is 0 Å². The van der Waals surface area contributed by atoms with Crippen molar-refractivity contribution in [1.82, 2.24) is 9.29 Å². The Labute approximate surface area is 158 Å². The number of alkyl halides is 3. The number of pyridine rings is 1. The van der Waals surface area contributed by atoms with Crippen molar-refractivity contribution in [3.63, 3.8) is 0 Å². The Kier molecular flexibility index (Phi) is 5.22. The van der Waals surface area contributed by atoms with Crippen LogP contribution in [-0.4, -0.2) is 24.3 Å². The summed E-state index contributed by atoms with van der Waals surface area (Å²) in [6.07, 6.45) is -3.01. The first-order valence-corrected chi connectivity index (χ1v) is 9.80. The molecule has 1 atom stereocenters. The Bertz CT molecular complexity index is 935. The van der Waals surface area contributed by atoms with Crippen molar-refractivity contribution in [1.29, 1.82) is 0 Å². The van der Waals surface area contributed by atoms with E-state index in [4.69, 9.17) is 23.2 Å². The molecule has 1 unspecified atom stereocenters. The summed E-state index contributed by atoms with van der Waals surface area (Å²) < 4.78 is 65.3. The van der Waals surface area contributed by atoms with Crippen LogP contribution in [0.4, 0.5) is 13.2 Å². The standard InChI is InChI=1S/C16H13Cl2F3N2O2S/c17-12-4-1-3-10(7-12)14-5-2-6-23(14)26(24,25)15-13(18)8-11(9-22-15)16(19,20)21/h1,3-4,7-9,14H,2,5-6H2. The van der Waals surface area contributed by atoms with Gasteiger partial charge in [-0.2, -0.15) is 17.5 Å². The minimum absolute atomic E-state index is 0.221. The molecule has 1 saturated heterocycles. The molecule has 1 fully saturated rings. The number of sulfonamides is 1. The van der Waals surface area contributed by atoms with Gasteiger partial charge in [-0.15, -0.1) is 0 Å². The molecule has 0 amide bonds. The van der Waals surface area contributed by atoms with Gasteiger partial charge in [0.05, 0.1) is 16.6 Å². The molecule has 140 valence electrons. The first-order chi connectivity index (χ1) is 12.1. The molecule has 2 heterocycles. The van der Waals surface area contributed by atoms with Crippen LogP contribution in [0.2, 0.25) is 10.0 Å². The number of hydrogen-bond acceptors (Lipinski definition) is 3. The van der Waals surface area contributed by atoms with Crippen molar-refractivity contribution >= 4 is 33.2 Å². The molecule has 10 heteroatoms. The summed E-state index contributed by atoms with van der Waals surface area (Å²) in [5, 5.41) is -0.671. The molecule has 1 aromatic heterocycles. The van der Waals surface area contributed by atoms with Crippen LogP contribution < -0.4 is 0 Å². The monoisotopic (exact) mass is 424 g/mol. The SMILES string of the molecule is O=S(=O)(c1ncc(C(F)(F)F)cc1Cl)N1CCCC1c1cccc(Cl)c1. The van der Waals surface area contributed by atoms with Gasteiger partial charge in [-0.3, -0.25) is 0 Å². The van der Waals surface area contributed by atoms with Gasteiger partial charge in [0.1, 0.15) is 0 Å². The Hall–Kier alpha value is -1.35. The van der Waals surface area contributed by atoms with Crippen LogP contribution in [0.25, 0.3) is 0 Å². The van der Waals surface area contributed by atoms with Gasteiger partial charge in [0.15, 0.2) is 5.03 Å². The minimum atomic E-state index is -4.66. The minimum Gasteiger partial charge on any atom is -0.241 e. The zero-order valence-electron chi connectivity index (χ0n) is 13.2. The summed E-state index contributed by atoms with van der Waals surface area (Å²) in [4.78, 5) is 3.50.